The van der Waals surface area contributed by atoms with Crippen LogP contribution >= 0.6 is 0 Å². The van der Waals surface area contributed by atoms with Crippen LogP contribution in [0, 0.1) is 0 Å². The molecule has 17 heavy (non-hydrogen) atoms. The zero-order chi connectivity index (χ0) is 12.4. The Bertz CT molecular complexity index is 441. The lowest BCUT2D eigenvalue weighted by atomic mass is 10.2. The van der Waals surface area contributed by atoms with Gasteiger partial charge in [0.1, 0.15) is 18.4 Å². The quantitative estimate of drug-likeness (QED) is 0.508. The molecule has 92 valence electrons. The highest BCUT2D eigenvalue weighted by Gasteiger charge is 2.37. The number of hydrogen-bond donors (Lipinski definition) is 0. The maximum atomic E-state index is 12.2. The maximum Gasteiger partial charge on any atom is 0.416 e. The Kier molecular flexibility index (Phi) is 3.12. The minimum absolute atomic E-state index is 0.182. The molecule has 0 aliphatic carbocycles. The second-order valence-electron chi connectivity index (χ2n) is 4.14. The molecule has 6 nitrogen and oxygen atoms in total. The first-order chi connectivity index (χ1) is 8.13. The molecule has 1 aliphatic heterocycles. The van der Waals surface area contributed by atoms with Crippen LogP contribution in [-0.2, 0) is 16.6 Å². The number of carbonyl (C=O) groups is 2. The van der Waals surface area contributed by atoms with Crippen LogP contribution in [0.25, 0.3) is 0 Å². The number of hydrogen-bond acceptors (Lipinski definition) is 3. The van der Waals surface area contributed by atoms with Gasteiger partial charge in [0.25, 0.3) is 6.33 Å². The monoisotopic (exact) mass is 238 g/mol. The smallest absolute Gasteiger partial charge is 0.416 e. The average molecular weight is 238 g/mol. The fourth-order valence-corrected chi connectivity index (χ4v) is 2.09. The molecule has 1 saturated heterocycles. The Morgan fingerprint density at radius 2 is 2.24 bits per heavy atom. The van der Waals surface area contributed by atoms with Crippen molar-refractivity contribution in [3.05, 3.63) is 18.7 Å². The van der Waals surface area contributed by atoms with E-state index in [1.54, 1.807) is 28.2 Å². The lowest BCUT2D eigenvalue weighted by Crippen LogP contribution is -2.43. The van der Waals surface area contributed by atoms with E-state index in [2.05, 4.69) is 0 Å². The number of carbonyl (C=O) groups excluding carboxylic acids is 2. The molecule has 0 aromatic carbocycles. The lowest BCUT2D eigenvalue weighted by Gasteiger charge is -2.19. The van der Waals surface area contributed by atoms with Crippen molar-refractivity contribution in [2.24, 2.45) is 7.05 Å². The molecule has 6 heteroatoms. The van der Waals surface area contributed by atoms with Crippen molar-refractivity contribution in [1.29, 1.82) is 0 Å². The third-order valence-corrected chi connectivity index (χ3v) is 2.96. The van der Waals surface area contributed by atoms with Crippen LogP contribution in [0.1, 0.15) is 12.8 Å². The molecule has 0 radical (unpaired) electrons. The Labute approximate surface area is 99.4 Å². The van der Waals surface area contributed by atoms with Crippen LogP contribution in [0.4, 0.5) is 4.79 Å². The summed E-state index contributed by atoms with van der Waals surface area (Å²) < 4.78 is 7.96. The van der Waals surface area contributed by atoms with Gasteiger partial charge in [0, 0.05) is 6.54 Å². The van der Waals surface area contributed by atoms with Crippen molar-refractivity contribution < 1.29 is 18.9 Å². The highest BCUT2D eigenvalue weighted by Crippen LogP contribution is 2.19. The molecular weight excluding hydrogens is 222 g/mol. The number of nitrogens with zero attached hydrogens (tertiary/aromatic N) is 3. The van der Waals surface area contributed by atoms with Crippen LogP contribution in [-0.4, -0.2) is 41.2 Å². The van der Waals surface area contributed by atoms with Gasteiger partial charge in [-0.05, 0) is 12.8 Å². The zero-order valence-electron chi connectivity index (χ0n) is 10.00. The fraction of sp³-hybridized carbons (Fsp3) is 0.545. The van der Waals surface area contributed by atoms with Crippen LogP contribution in [0.2, 0.25) is 0 Å². The topological polar surface area (TPSA) is 55.4 Å². The molecule has 1 fully saturated rings. The van der Waals surface area contributed by atoms with E-state index in [1.165, 1.54) is 11.7 Å². The molecule has 2 heterocycles. The van der Waals surface area contributed by atoms with Crippen LogP contribution < -0.4 is 4.57 Å². The van der Waals surface area contributed by atoms with Gasteiger partial charge in [-0.2, -0.15) is 4.57 Å². The summed E-state index contributed by atoms with van der Waals surface area (Å²) in [5, 5.41) is 0. The average Bonchev–Trinajstić information content (AvgIpc) is 2.95. The number of rotatable bonds is 1. The molecule has 2 rings (SSSR count). The number of likely N-dealkylation sites (tertiary alicyclic amines) is 1. The molecule has 0 bridgehead atoms. The molecular formula is C11H16N3O3+. The Morgan fingerprint density at radius 3 is 2.82 bits per heavy atom. The van der Waals surface area contributed by atoms with Gasteiger partial charge in [-0.25, -0.2) is 14.2 Å². The number of ether oxygens (including phenoxy) is 1. The SMILES string of the molecule is COC(=O)C1CCCN1C(=O)n1cc[n+](C)c1. The Balaban J connectivity index is 2.16. The minimum Gasteiger partial charge on any atom is -0.467 e. The van der Waals surface area contributed by atoms with E-state index in [4.69, 9.17) is 4.74 Å². The molecule has 1 aromatic heterocycles. The summed E-state index contributed by atoms with van der Waals surface area (Å²) in [4.78, 5) is 25.3. The second kappa shape index (κ2) is 4.57. The molecule has 0 N–H and O–H groups in total. The van der Waals surface area contributed by atoms with Crippen LogP contribution in [0.5, 0.6) is 0 Å². The molecule has 1 aromatic rings. The third kappa shape index (κ3) is 2.15. The first-order valence-electron chi connectivity index (χ1n) is 5.55. The fourth-order valence-electron chi connectivity index (χ4n) is 2.09. The first kappa shape index (κ1) is 11.6. The number of esters is 1. The van der Waals surface area contributed by atoms with E-state index in [0.29, 0.717) is 13.0 Å². The first-order valence-corrected chi connectivity index (χ1v) is 5.55. The number of amides is 1. The number of aryl methyl sites for hydroxylation is 1. The van der Waals surface area contributed by atoms with Crippen molar-refractivity contribution in [3.63, 3.8) is 0 Å². The number of methoxy groups -OCH3 is 1. The van der Waals surface area contributed by atoms with Gasteiger partial charge in [-0.15, -0.1) is 0 Å². The van der Waals surface area contributed by atoms with Crippen molar-refractivity contribution in [3.8, 4) is 0 Å². The molecule has 1 amide bonds. The van der Waals surface area contributed by atoms with Gasteiger partial charge in [0.05, 0.1) is 14.2 Å². The van der Waals surface area contributed by atoms with E-state index in [1.807, 2.05) is 7.05 Å². The predicted octanol–water partition coefficient (Wildman–Crippen LogP) is -0.0819. The molecule has 1 aliphatic rings. The Hall–Kier alpha value is -1.85. The molecule has 0 saturated carbocycles. The van der Waals surface area contributed by atoms with Gasteiger partial charge in [-0.1, -0.05) is 0 Å². The summed E-state index contributed by atoms with van der Waals surface area (Å²) in [6.07, 6.45) is 6.63. The largest absolute Gasteiger partial charge is 0.467 e. The van der Waals surface area contributed by atoms with Crippen molar-refractivity contribution in [2.75, 3.05) is 13.7 Å². The highest BCUT2D eigenvalue weighted by molar-refractivity contribution is 5.85. The summed E-state index contributed by atoms with van der Waals surface area (Å²) in [6, 6.07) is -0.626. The molecule has 0 spiro atoms. The van der Waals surface area contributed by atoms with Gasteiger partial charge in [0.2, 0.25) is 0 Å². The summed E-state index contributed by atoms with van der Waals surface area (Å²) in [5.74, 6) is -0.340. The van der Waals surface area contributed by atoms with Gasteiger partial charge in [-0.3, -0.25) is 4.90 Å². The van der Waals surface area contributed by atoms with Crippen LogP contribution in [0.15, 0.2) is 18.7 Å². The van der Waals surface area contributed by atoms with E-state index in [9.17, 15) is 9.59 Å². The maximum absolute atomic E-state index is 12.2. The minimum atomic E-state index is -0.444. The summed E-state index contributed by atoms with van der Waals surface area (Å²) in [7, 11) is 3.19. The summed E-state index contributed by atoms with van der Waals surface area (Å²) in [5.41, 5.74) is 0. The highest BCUT2D eigenvalue weighted by atomic mass is 16.5. The van der Waals surface area contributed by atoms with E-state index >= 15 is 0 Å². The number of imidazole rings is 1. The van der Waals surface area contributed by atoms with E-state index < -0.39 is 6.04 Å². The number of aromatic nitrogens is 2. The lowest BCUT2D eigenvalue weighted by molar-refractivity contribution is -0.670. The zero-order valence-corrected chi connectivity index (χ0v) is 10.00. The van der Waals surface area contributed by atoms with Gasteiger partial charge < -0.3 is 4.74 Å². The van der Waals surface area contributed by atoms with Crippen molar-refractivity contribution >= 4 is 12.0 Å². The normalized spacial score (nSPS) is 19.4. The summed E-state index contributed by atoms with van der Waals surface area (Å²) in [6.45, 7) is 0.598. The van der Waals surface area contributed by atoms with Crippen molar-refractivity contribution in [1.82, 2.24) is 9.47 Å². The predicted molar refractivity (Wildman–Crippen MR) is 58.1 cm³/mol. The van der Waals surface area contributed by atoms with Gasteiger partial charge >= 0.3 is 12.0 Å². The third-order valence-electron chi connectivity index (χ3n) is 2.96. The molecule has 1 unspecified atom stereocenters. The second-order valence-corrected chi connectivity index (χ2v) is 4.14. The van der Waals surface area contributed by atoms with Crippen LogP contribution in [0.3, 0.4) is 0 Å². The summed E-state index contributed by atoms with van der Waals surface area (Å²) >= 11 is 0. The van der Waals surface area contributed by atoms with Gasteiger partial charge in [0.15, 0.2) is 0 Å². The Morgan fingerprint density at radius 1 is 1.47 bits per heavy atom. The van der Waals surface area contributed by atoms with E-state index in [0.717, 1.165) is 6.42 Å². The standard InChI is InChI=1S/C11H16N3O3/c1-12-6-7-13(8-12)11(16)14-5-3-4-9(14)10(15)17-2/h6-9H,3-5H2,1-2H3/q+1. The molecule has 1 atom stereocenters. The van der Waals surface area contributed by atoms with E-state index in [-0.39, 0.29) is 12.0 Å². The van der Waals surface area contributed by atoms with Crippen molar-refractivity contribution in [2.45, 2.75) is 18.9 Å².